The molecule has 0 heterocycles. The fraction of sp³-hybridized carbons (Fsp3) is 0.0833. The van der Waals surface area contributed by atoms with Gasteiger partial charge >= 0.3 is 12.0 Å². The number of ether oxygens (including phenoxy) is 2. The van der Waals surface area contributed by atoms with Gasteiger partial charge in [0, 0.05) is 11.4 Å². The maximum absolute atomic E-state index is 12.2. The van der Waals surface area contributed by atoms with Gasteiger partial charge < -0.3 is 20.1 Å². The second kappa shape index (κ2) is 10.5. The van der Waals surface area contributed by atoms with Gasteiger partial charge in [-0.1, -0.05) is 54.6 Å². The first-order valence-corrected chi connectivity index (χ1v) is 9.35. The predicted octanol–water partition coefficient (Wildman–Crippen LogP) is 5.21. The third kappa shape index (κ3) is 5.97. The number of hydrogen-bond donors (Lipinski definition) is 2. The Bertz CT molecular complexity index is 1020. The molecule has 0 atom stereocenters. The minimum atomic E-state index is -0.552. The molecule has 2 amide bonds. The number of methoxy groups -OCH3 is 1. The quantitative estimate of drug-likeness (QED) is 0.532. The number of urea groups is 1. The zero-order chi connectivity index (χ0) is 21.2. The van der Waals surface area contributed by atoms with E-state index in [1.54, 1.807) is 24.3 Å². The van der Waals surface area contributed by atoms with Crippen molar-refractivity contribution in [3.05, 3.63) is 96.1 Å². The van der Waals surface area contributed by atoms with E-state index in [1.165, 1.54) is 13.2 Å². The SMILES string of the molecule is COC(=O)c1cc(NC(=O)Nc2ccccc2)ccc1OC/C=C/c1ccccc1. The van der Waals surface area contributed by atoms with Crippen LogP contribution in [0.1, 0.15) is 15.9 Å². The normalized spacial score (nSPS) is 10.4. The molecule has 0 aromatic heterocycles. The van der Waals surface area contributed by atoms with E-state index in [1.807, 2.05) is 60.7 Å². The van der Waals surface area contributed by atoms with Gasteiger partial charge in [-0.2, -0.15) is 0 Å². The van der Waals surface area contributed by atoms with Crippen molar-refractivity contribution in [3.8, 4) is 5.75 Å². The van der Waals surface area contributed by atoms with E-state index in [2.05, 4.69) is 10.6 Å². The van der Waals surface area contributed by atoms with E-state index >= 15 is 0 Å². The number of carbonyl (C=O) groups excluding carboxylic acids is 2. The van der Waals surface area contributed by atoms with Crippen molar-refractivity contribution in [2.45, 2.75) is 0 Å². The summed E-state index contributed by atoms with van der Waals surface area (Å²) in [5, 5.41) is 5.42. The van der Waals surface area contributed by atoms with E-state index in [-0.39, 0.29) is 12.2 Å². The summed E-state index contributed by atoms with van der Waals surface area (Å²) in [6, 6.07) is 23.3. The van der Waals surface area contributed by atoms with Crippen LogP contribution in [0.3, 0.4) is 0 Å². The number of anilines is 2. The number of rotatable bonds is 7. The molecule has 0 saturated carbocycles. The van der Waals surface area contributed by atoms with Gasteiger partial charge in [-0.05, 0) is 42.0 Å². The molecule has 0 spiro atoms. The smallest absolute Gasteiger partial charge is 0.341 e. The van der Waals surface area contributed by atoms with Crippen molar-refractivity contribution in [1.82, 2.24) is 0 Å². The molecule has 6 heteroatoms. The second-order valence-electron chi connectivity index (χ2n) is 6.27. The first-order valence-electron chi connectivity index (χ1n) is 9.35. The van der Waals surface area contributed by atoms with Gasteiger partial charge in [0.2, 0.25) is 0 Å². The Kier molecular flexibility index (Phi) is 7.22. The molecule has 0 aliphatic carbocycles. The molecule has 0 aliphatic heterocycles. The van der Waals surface area contributed by atoms with Crippen LogP contribution in [0.15, 0.2) is 84.9 Å². The summed E-state index contributed by atoms with van der Waals surface area (Å²) in [6.45, 7) is 0.278. The summed E-state index contributed by atoms with van der Waals surface area (Å²) in [6.07, 6.45) is 3.79. The van der Waals surface area contributed by atoms with E-state index in [9.17, 15) is 9.59 Å². The zero-order valence-electron chi connectivity index (χ0n) is 16.5. The number of amides is 2. The predicted molar refractivity (Wildman–Crippen MR) is 118 cm³/mol. The number of nitrogens with one attached hydrogen (secondary N) is 2. The van der Waals surface area contributed by atoms with Crippen LogP contribution in [0, 0.1) is 0 Å². The Morgan fingerprint density at radius 2 is 1.53 bits per heavy atom. The van der Waals surface area contributed by atoms with Crippen LogP contribution in [0.25, 0.3) is 6.08 Å². The monoisotopic (exact) mass is 402 g/mol. The maximum atomic E-state index is 12.2. The molecule has 0 saturated heterocycles. The number of esters is 1. The lowest BCUT2D eigenvalue weighted by molar-refractivity contribution is 0.0596. The maximum Gasteiger partial charge on any atom is 0.341 e. The van der Waals surface area contributed by atoms with E-state index in [0.29, 0.717) is 17.1 Å². The first-order chi connectivity index (χ1) is 14.7. The Balaban J connectivity index is 1.66. The molecule has 0 fully saturated rings. The summed E-state index contributed by atoms with van der Waals surface area (Å²) in [4.78, 5) is 24.4. The minimum absolute atomic E-state index is 0.225. The van der Waals surface area contributed by atoms with Gasteiger partial charge in [0.25, 0.3) is 0 Å². The largest absolute Gasteiger partial charge is 0.489 e. The molecule has 2 N–H and O–H groups in total. The summed E-state index contributed by atoms with van der Waals surface area (Å²) < 4.78 is 10.6. The molecule has 3 rings (SSSR count). The highest BCUT2D eigenvalue weighted by molar-refractivity contribution is 6.01. The number of hydrogen-bond acceptors (Lipinski definition) is 4. The van der Waals surface area contributed by atoms with Gasteiger partial charge in [0.1, 0.15) is 17.9 Å². The van der Waals surface area contributed by atoms with E-state index < -0.39 is 12.0 Å². The third-order valence-corrected chi connectivity index (χ3v) is 4.12. The van der Waals surface area contributed by atoms with Crippen LogP contribution in [0.2, 0.25) is 0 Å². The van der Waals surface area contributed by atoms with Crippen LogP contribution in [-0.2, 0) is 4.74 Å². The van der Waals surface area contributed by atoms with Crippen LogP contribution in [0.5, 0.6) is 5.75 Å². The van der Waals surface area contributed by atoms with Crippen molar-refractivity contribution in [2.24, 2.45) is 0 Å². The van der Waals surface area contributed by atoms with Crippen LogP contribution in [-0.4, -0.2) is 25.7 Å². The molecule has 6 nitrogen and oxygen atoms in total. The topological polar surface area (TPSA) is 76.7 Å². The summed E-state index contributed by atoms with van der Waals surface area (Å²) in [7, 11) is 1.30. The zero-order valence-corrected chi connectivity index (χ0v) is 16.5. The van der Waals surface area contributed by atoms with Gasteiger partial charge in [-0.3, -0.25) is 0 Å². The van der Waals surface area contributed by atoms with Crippen molar-refractivity contribution >= 4 is 29.5 Å². The Hall–Kier alpha value is -4.06. The fourth-order valence-corrected chi connectivity index (χ4v) is 2.70. The number of carbonyl (C=O) groups is 2. The average Bonchev–Trinajstić information content (AvgIpc) is 2.78. The lowest BCUT2D eigenvalue weighted by Gasteiger charge is -2.12. The second-order valence-corrected chi connectivity index (χ2v) is 6.27. The molecule has 0 aliphatic rings. The molecular weight excluding hydrogens is 380 g/mol. The van der Waals surface area contributed by atoms with E-state index in [4.69, 9.17) is 9.47 Å². The van der Waals surface area contributed by atoms with Crippen LogP contribution in [0.4, 0.5) is 16.2 Å². The Labute approximate surface area is 175 Å². The lowest BCUT2D eigenvalue weighted by Crippen LogP contribution is -2.19. The summed E-state index contributed by atoms with van der Waals surface area (Å²) in [5.74, 6) is -0.183. The molecule has 30 heavy (non-hydrogen) atoms. The van der Waals surface area contributed by atoms with Gasteiger partial charge in [0.05, 0.1) is 7.11 Å². The fourth-order valence-electron chi connectivity index (χ4n) is 2.70. The van der Waals surface area contributed by atoms with E-state index in [0.717, 1.165) is 5.56 Å². The summed E-state index contributed by atoms with van der Waals surface area (Å²) >= 11 is 0. The first kappa shape index (κ1) is 20.7. The molecule has 152 valence electrons. The van der Waals surface area contributed by atoms with Crippen molar-refractivity contribution in [2.75, 3.05) is 24.4 Å². The van der Waals surface area contributed by atoms with Crippen molar-refractivity contribution in [3.63, 3.8) is 0 Å². The molecular formula is C24H22N2O4. The molecule has 0 bridgehead atoms. The highest BCUT2D eigenvalue weighted by Crippen LogP contribution is 2.24. The average molecular weight is 402 g/mol. The molecule has 0 radical (unpaired) electrons. The molecule has 3 aromatic rings. The van der Waals surface area contributed by atoms with Gasteiger partial charge in [0.15, 0.2) is 0 Å². The van der Waals surface area contributed by atoms with Crippen molar-refractivity contribution in [1.29, 1.82) is 0 Å². The van der Waals surface area contributed by atoms with Crippen LogP contribution < -0.4 is 15.4 Å². The number of para-hydroxylation sites is 1. The summed E-state index contributed by atoms with van der Waals surface area (Å²) in [5.41, 5.74) is 2.38. The van der Waals surface area contributed by atoms with Crippen molar-refractivity contribution < 1.29 is 19.1 Å². The Morgan fingerprint density at radius 3 is 2.23 bits per heavy atom. The standard InChI is InChI=1S/C24H22N2O4/c1-29-23(27)21-17-20(26-24(28)25-19-12-6-3-7-13-19)14-15-22(21)30-16-8-11-18-9-4-2-5-10-18/h2-15,17H,16H2,1H3,(H2,25,26,28)/b11-8+. The van der Waals surface area contributed by atoms with Crippen LogP contribution >= 0.6 is 0 Å². The van der Waals surface area contributed by atoms with Gasteiger partial charge in [-0.25, -0.2) is 9.59 Å². The Morgan fingerprint density at radius 1 is 0.867 bits per heavy atom. The number of benzene rings is 3. The highest BCUT2D eigenvalue weighted by Gasteiger charge is 2.15. The van der Waals surface area contributed by atoms with Gasteiger partial charge in [-0.15, -0.1) is 0 Å². The molecule has 0 unspecified atom stereocenters. The lowest BCUT2D eigenvalue weighted by atomic mass is 10.1. The minimum Gasteiger partial charge on any atom is -0.489 e. The molecule has 3 aromatic carbocycles. The highest BCUT2D eigenvalue weighted by atomic mass is 16.5. The third-order valence-electron chi connectivity index (χ3n) is 4.12.